The predicted octanol–water partition coefficient (Wildman–Crippen LogP) is 3.29. The Morgan fingerprint density at radius 2 is 2.04 bits per heavy atom. The van der Waals surface area contributed by atoms with Crippen LogP contribution in [0.5, 0.6) is 5.75 Å². The summed E-state index contributed by atoms with van der Waals surface area (Å²) < 4.78 is 24.5. The third-order valence-electron chi connectivity index (χ3n) is 4.39. The van der Waals surface area contributed by atoms with E-state index in [1.54, 1.807) is 12.1 Å². The molecule has 0 spiro atoms. The largest absolute Gasteiger partial charge is 0.494 e. The number of benzene rings is 2. The first kappa shape index (κ1) is 17.9. The van der Waals surface area contributed by atoms with Crippen LogP contribution in [0.4, 0.5) is 4.39 Å². The van der Waals surface area contributed by atoms with Gasteiger partial charge in [0.25, 0.3) is 0 Å². The minimum atomic E-state index is -0.234. The highest BCUT2D eigenvalue weighted by atomic mass is 19.1. The second-order valence-electron chi connectivity index (χ2n) is 6.18. The van der Waals surface area contributed by atoms with Crippen LogP contribution in [0.15, 0.2) is 42.5 Å². The van der Waals surface area contributed by atoms with E-state index < -0.39 is 0 Å². The van der Waals surface area contributed by atoms with E-state index in [1.165, 1.54) is 12.1 Å². The van der Waals surface area contributed by atoms with Crippen molar-refractivity contribution in [3.8, 4) is 5.75 Å². The van der Waals surface area contributed by atoms with Crippen LogP contribution in [-0.2, 0) is 17.9 Å². The summed E-state index contributed by atoms with van der Waals surface area (Å²) in [5, 5.41) is 9.54. The van der Waals surface area contributed by atoms with Crippen LogP contribution in [-0.4, -0.2) is 36.3 Å². The smallest absolute Gasteiger partial charge is 0.124 e. The Morgan fingerprint density at radius 3 is 2.76 bits per heavy atom. The molecule has 0 aromatic heterocycles. The highest BCUT2D eigenvalue weighted by molar-refractivity contribution is 5.37. The molecule has 0 saturated carbocycles. The molecule has 4 nitrogen and oxygen atoms in total. The number of ether oxygens (including phenoxy) is 2. The quantitative estimate of drug-likeness (QED) is 0.872. The van der Waals surface area contributed by atoms with E-state index in [0.717, 1.165) is 42.1 Å². The first-order chi connectivity index (χ1) is 12.2. The molecule has 0 bridgehead atoms. The number of halogens is 1. The Kier molecular flexibility index (Phi) is 6.02. The summed E-state index contributed by atoms with van der Waals surface area (Å²) in [5.74, 6) is 0.502. The molecule has 2 aromatic carbocycles. The number of hydrogen-bond acceptors (Lipinski definition) is 4. The van der Waals surface area contributed by atoms with Crippen LogP contribution in [0.1, 0.15) is 29.7 Å². The van der Waals surface area contributed by atoms with Gasteiger partial charge in [0.05, 0.1) is 25.9 Å². The number of aliphatic hydroxyl groups excluding tert-OH is 1. The zero-order valence-corrected chi connectivity index (χ0v) is 14.5. The molecule has 2 aromatic rings. The third kappa shape index (κ3) is 4.57. The Labute approximate surface area is 147 Å². The summed E-state index contributed by atoms with van der Waals surface area (Å²) in [4.78, 5) is 2.31. The molecule has 0 radical (unpaired) electrons. The van der Waals surface area contributed by atoms with E-state index >= 15 is 0 Å². The summed E-state index contributed by atoms with van der Waals surface area (Å²) >= 11 is 0. The van der Waals surface area contributed by atoms with E-state index in [1.807, 2.05) is 25.1 Å². The summed E-state index contributed by atoms with van der Waals surface area (Å²) in [5.41, 5.74) is 2.93. The third-order valence-corrected chi connectivity index (χ3v) is 4.39. The van der Waals surface area contributed by atoms with E-state index in [-0.39, 0.29) is 18.5 Å². The molecule has 0 unspecified atom stereocenters. The zero-order chi connectivity index (χ0) is 17.6. The van der Waals surface area contributed by atoms with Gasteiger partial charge >= 0.3 is 0 Å². The van der Waals surface area contributed by atoms with Gasteiger partial charge in [0.2, 0.25) is 0 Å². The van der Waals surface area contributed by atoms with E-state index in [2.05, 4.69) is 4.90 Å². The lowest BCUT2D eigenvalue weighted by atomic mass is 10.1. The molecule has 1 aliphatic heterocycles. The number of morpholine rings is 1. The molecule has 1 atom stereocenters. The van der Waals surface area contributed by atoms with Crippen molar-refractivity contribution < 1.29 is 19.0 Å². The van der Waals surface area contributed by atoms with Gasteiger partial charge in [0.1, 0.15) is 11.6 Å². The molecule has 1 saturated heterocycles. The predicted molar refractivity (Wildman–Crippen MR) is 93.9 cm³/mol. The van der Waals surface area contributed by atoms with Gasteiger partial charge < -0.3 is 14.6 Å². The van der Waals surface area contributed by atoms with Gasteiger partial charge in [-0.1, -0.05) is 18.2 Å². The fourth-order valence-electron chi connectivity index (χ4n) is 3.13. The lowest BCUT2D eigenvalue weighted by molar-refractivity contribution is -0.0329. The molecule has 134 valence electrons. The molecule has 0 amide bonds. The molecule has 3 rings (SSSR count). The first-order valence-corrected chi connectivity index (χ1v) is 8.64. The molecule has 1 heterocycles. The van der Waals surface area contributed by atoms with E-state index in [0.29, 0.717) is 13.2 Å². The van der Waals surface area contributed by atoms with Crippen LogP contribution >= 0.6 is 0 Å². The maximum atomic E-state index is 13.1. The van der Waals surface area contributed by atoms with Crippen molar-refractivity contribution >= 4 is 0 Å². The fraction of sp³-hybridized carbons (Fsp3) is 0.400. The molecule has 5 heteroatoms. The highest BCUT2D eigenvalue weighted by Gasteiger charge is 2.22. The van der Waals surface area contributed by atoms with Crippen molar-refractivity contribution in [1.82, 2.24) is 4.90 Å². The van der Waals surface area contributed by atoms with Gasteiger partial charge in [-0.05, 0) is 42.3 Å². The van der Waals surface area contributed by atoms with Gasteiger partial charge in [0.15, 0.2) is 0 Å². The average molecular weight is 345 g/mol. The number of hydrogen-bond donors (Lipinski definition) is 1. The van der Waals surface area contributed by atoms with E-state index in [4.69, 9.17) is 9.47 Å². The Bertz CT molecular complexity index is 690. The molecule has 1 aliphatic rings. The number of nitrogens with zero attached hydrogens (tertiary/aromatic N) is 1. The monoisotopic (exact) mass is 345 g/mol. The maximum Gasteiger partial charge on any atom is 0.124 e. The Balaban J connectivity index is 1.67. The topological polar surface area (TPSA) is 41.9 Å². The summed E-state index contributed by atoms with van der Waals surface area (Å²) in [7, 11) is 0. The standard InChI is InChI=1S/C20H24FNO3/c1-2-24-19-8-3-15(11-17(19)14-23)12-22-9-10-25-20(13-22)16-4-6-18(21)7-5-16/h3-8,11,20,23H,2,9-10,12-14H2,1H3/t20-/m1/s1. The Hall–Kier alpha value is -1.95. The van der Waals surface area contributed by atoms with Crippen molar-refractivity contribution in [2.24, 2.45) is 0 Å². The minimum Gasteiger partial charge on any atom is -0.494 e. The van der Waals surface area contributed by atoms with Crippen LogP contribution < -0.4 is 4.74 Å². The van der Waals surface area contributed by atoms with Gasteiger partial charge in [0, 0.05) is 25.2 Å². The maximum absolute atomic E-state index is 13.1. The van der Waals surface area contributed by atoms with Crippen LogP contribution in [0, 0.1) is 5.82 Å². The molecular weight excluding hydrogens is 321 g/mol. The lowest BCUT2D eigenvalue weighted by Gasteiger charge is -2.33. The normalized spacial score (nSPS) is 18.3. The second kappa shape index (κ2) is 8.43. The van der Waals surface area contributed by atoms with Crippen molar-refractivity contribution in [3.05, 3.63) is 65.0 Å². The minimum absolute atomic E-state index is 0.0372. The fourth-order valence-corrected chi connectivity index (χ4v) is 3.13. The summed E-state index contributed by atoms with van der Waals surface area (Å²) in [6.45, 7) is 5.50. The summed E-state index contributed by atoms with van der Waals surface area (Å²) in [6, 6.07) is 12.5. The number of aliphatic hydroxyl groups is 1. The van der Waals surface area contributed by atoms with Gasteiger partial charge in [-0.3, -0.25) is 4.90 Å². The highest BCUT2D eigenvalue weighted by Crippen LogP contribution is 2.25. The van der Waals surface area contributed by atoms with Crippen molar-refractivity contribution in [3.63, 3.8) is 0 Å². The van der Waals surface area contributed by atoms with Crippen molar-refractivity contribution in [1.29, 1.82) is 0 Å². The number of rotatable bonds is 6. The molecule has 25 heavy (non-hydrogen) atoms. The SMILES string of the molecule is CCOc1ccc(CN2CCO[C@@H](c3ccc(F)cc3)C2)cc1CO. The van der Waals surface area contributed by atoms with Crippen LogP contribution in [0.25, 0.3) is 0 Å². The van der Waals surface area contributed by atoms with Gasteiger partial charge in [-0.2, -0.15) is 0 Å². The second-order valence-corrected chi connectivity index (χ2v) is 6.18. The van der Waals surface area contributed by atoms with E-state index in [9.17, 15) is 9.50 Å². The molecule has 1 N–H and O–H groups in total. The summed E-state index contributed by atoms with van der Waals surface area (Å²) in [6.07, 6.45) is -0.0469. The first-order valence-electron chi connectivity index (χ1n) is 8.64. The van der Waals surface area contributed by atoms with Crippen LogP contribution in [0.3, 0.4) is 0 Å². The van der Waals surface area contributed by atoms with Crippen molar-refractivity contribution in [2.45, 2.75) is 26.2 Å². The zero-order valence-electron chi connectivity index (χ0n) is 14.5. The molecule has 0 aliphatic carbocycles. The van der Waals surface area contributed by atoms with Crippen molar-refractivity contribution in [2.75, 3.05) is 26.3 Å². The molecular formula is C20H24FNO3. The molecule has 1 fully saturated rings. The van der Waals surface area contributed by atoms with Crippen LogP contribution in [0.2, 0.25) is 0 Å². The average Bonchev–Trinajstić information content (AvgIpc) is 2.64. The Morgan fingerprint density at radius 1 is 1.24 bits per heavy atom. The van der Waals surface area contributed by atoms with Gasteiger partial charge in [-0.25, -0.2) is 4.39 Å². The lowest BCUT2D eigenvalue weighted by Crippen LogP contribution is -2.37. The van der Waals surface area contributed by atoms with Gasteiger partial charge in [-0.15, -0.1) is 0 Å².